The lowest BCUT2D eigenvalue weighted by atomic mass is 10.0. The Balaban J connectivity index is 3.02. The summed E-state index contributed by atoms with van der Waals surface area (Å²) in [5.41, 5.74) is 7.05. The third-order valence-corrected chi connectivity index (χ3v) is 2.13. The van der Waals surface area contributed by atoms with Crippen molar-refractivity contribution >= 4 is 22.5 Å². The fourth-order valence-corrected chi connectivity index (χ4v) is 1.15. The second kappa shape index (κ2) is 3.59. The molecule has 0 saturated carbocycles. The monoisotopic (exact) mass is 183 g/mol. The molecule has 0 radical (unpaired) electrons. The molecular formula is C9H10ClNO. The quantitative estimate of drug-likeness (QED) is 0.564. The summed E-state index contributed by atoms with van der Waals surface area (Å²) in [5.74, 6) is -0.326. The van der Waals surface area contributed by atoms with E-state index in [0.29, 0.717) is 5.69 Å². The number of rotatable bonds is 2. The number of para-hydroxylation sites is 1. The summed E-state index contributed by atoms with van der Waals surface area (Å²) < 4.78 is 0. The van der Waals surface area contributed by atoms with Crippen molar-refractivity contribution in [2.45, 2.75) is 12.8 Å². The van der Waals surface area contributed by atoms with E-state index in [2.05, 4.69) is 0 Å². The van der Waals surface area contributed by atoms with Crippen molar-refractivity contribution in [1.82, 2.24) is 0 Å². The molecule has 0 aromatic heterocycles. The molecule has 2 N–H and O–H groups in total. The highest BCUT2D eigenvalue weighted by atomic mass is 35.5. The molecule has 1 aromatic rings. The average Bonchev–Trinajstić information content (AvgIpc) is 2.04. The molecule has 0 bridgehead atoms. The van der Waals surface area contributed by atoms with Crippen LogP contribution in [-0.2, 0) is 4.79 Å². The third kappa shape index (κ3) is 1.77. The maximum absolute atomic E-state index is 10.8. The van der Waals surface area contributed by atoms with Gasteiger partial charge in [0.2, 0.25) is 5.24 Å². The van der Waals surface area contributed by atoms with E-state index in [1.165, 1.54) is 0 Å². The van der Waals surface area contributed by atoms with Gasteiger partial charge in [-0.25, -0.2) is 0 Å². The van der Waals surface area contributed by atoms with Crippen molar-refractivity contribution in [2.75, 3.05) is 5.73 Å². The van der Waals surface area contributed by atoms with Crippen molar-refractivity contribution in [3.05, 3.63) is 29.8 Å². The fraction of sp³-hybridized carbons (Fsp3) is 0.222. The lowest BCUT2D eigenvalue weighted by Gasteiger charge is -2.08. The average molecular weight is 184 g/mol. The van der Waals surface area contributed by atoms with Gasteiger partial charge in [0.25, 0.3) is 0 Å². The lowest BCUT2D eigenvalue weighted by Crippen LogP contribution is -2.04. The van der Waals surface area contributed by atoms with E-state index in [0.717, 1.165) is 5.56 Å². The molecule has 0 spiro atoms. The zero-order valence-corrected chi connectivity index (χ0v) is 7.51. The Labute approximate surface area is 76.3 Å². The van der Waals surface area contributed by atoms with Crippen LogP contribution >= 0.6 is 11.6 Å². The molecule has 2 nitrogen and oxygen atoms in total. The molecule has 0 aliphatic heterocycles. The van der Waals surface area contributed by atoms with Crippen molar-refractivity contribution in [3.63, 3.8) is 0 Å². The van der Waals surface area contributed by atoms with Crippen LogP contribution in [0.4, 0.5) is 5.69 Å². The summed E-state index contributed by atoms with van der Waals surface area (Å²) in [4.78, 5) is 10.8. The molecular weight excluding hydrogens is 174 g/mol. The van der Waals surface area contributed by atoms with Crippen LogP contribution in [0.5, 0.6) is 0 Å². The molecule has 64 valence electrons. The number of benzene rings is 1. The summed E-state index contributed by atoms with van der Waals surface area (Å²) in [6, 6.07) is 7.22. The van der Waals surface area contributed by atoms with Gasteiger partial charge in [0.05, 0.1) is 5.92 Å². The standard InChI is InChI=1S/C9H10ClNO/c1-6(9(10)12)7-4-2-3-5-8(7)11/h2-6H,11H2,1H3. The molecule has 0 amide bonds. The summed E-state index contributed by atoms with van der Waals surface area (Å²) in [7, 11) is 0. The molecule has 0 aliphatic carbocycles. The van der Waals surface area contributed by atoms with Crippen LogP contribution in [0.3, 0.4) is 0 Å². The number of hydrogen-bond acceptors (Lipinski definition) is 2. The predicted octanol–water partition coefficient (Wildman–Crippen LogP) is 2.14. The van der Waals surface area contributed by atoms with Crippen molar-refractivity contribution in [1.29, 1.82) is 0 Å². The Morgan fingerprint density at radius 2 is 2.08 bits per heavy atom. The maximum atomic E-state index is 10.8. The Kier molecular flexibility index (Phi) is 2.71. The Hall–Kier alpha value is -1.02. The highest BCUT2D eigenvalue weighted by Gasteiger charge is 2.14. The first kappa shape index (κ1) is 9.07. The second-order valence-electron chi connectivity index (χ2n) is 2.65. The van der Waals surface area contributed by atoms with E-state index >= 15 is 0 Å². The zero-order valence-electron chi connectivity index (χ0n) is 6.75. The first-order chi connectivity index (χ1) is 5.63. The van der Waals surface area contributed by atoms with Gasteiger partial charge in [0.1, 0.15) is 0 Å². The van der Waals surface area contributed by atoms with Gasteiger partial charge in [-0.05, 0) is 23.2 Å². The SMILES string of the molecule is CC(C(=O)Cl)c1ccccc1N. The number of carbonyl (C=O) groups excluding carboxylic acids is 1. The highest BCUT2D eigenvalue weighted by molar-refractivity contribution is 6.64. The van der Waals surface area contributed by atoms with E-state index in [-0.39, 0.29) is 11.2 Å². The van der Waals surface area contributed by atoms with Crippen molar-refractivity contribution in [2.24, 2.45) is 0 Å². The summed E-state index contributed by atoms with van der Waals surface area (Å²) >= 11 is 5.34. The molecule has 3 heteroatoms. The molecule has 1 aromatic carbocycles. The van der Waals surface area contributed by atoms with E-state index in [1.807, 2.05) is 12.1 Å². The molecule has 0 saturated heterocycles. The van der Waals surface area contributed by atoms with Gasteiger partial charge in [-0.1, -0.05) is 25.1 Å². The first-order valence-corrected chi connectivity index (χ1v) is 4.04. The van der Waals surface area contributed by atoms with Gasteiger partial charge < -0.3 is 5.73 Å². The highest BCUT2D eigenvalue weighted by Crippen LogP contribution is 2.23. The molecule has 1 unspecified atom stereocenters. The van der Waals surface area contributed by atoms with Crippen LogP contribution < -0.4 is 5.73 Å². The Morgan fingerprint density at radius 3 is 2.58 bits per heavy atom. The van der Waals surface area contributed by atoms with Crippen molar-refractivity contribution in [3.8, 4) is 0 Å². The minimum atomic E-state index is -0.382. The van der Waals surface area contributed by atoms with Crippen molar-refractivity contribution < 1.29 is 4.79 Å². The number of carbonyl (C=O) groups is 1. The van der Waals surface area contributed by atoms with Gasteiger partial charge in [-0.3, -0.25) is 4.79 Å². The first-order valence-electron chi connectivity index (χ1n) is 3.66. The van der Waals surface area contributed by atoms with Crippen LogP contribution in [0.25, 0.3) is 0 Å². The van der Waals surface area contributed by atoms with E-state index in [4.69, 9.17) is 17.3 Å². The van der Waals surface area contributed by atoms with Crippen LogP contribution in [0.2, 0.25) is 0 Å². The number of hydrogen-bond donors (Lipinski definition) is 1. The molecule has 0 fully saturated rings. The molecule has 1 atom stereocenters. The topological polar surface area (TPSA) is 43.1 Å². The zero-order chi connectivity index (χ0) is 9.14. The fourth-order valence-electron chi connectivity index (χ4n) is 1.03. The van der Waals surface area contributed by atoms with Gasteiger partial charge in [0, 0.05) is 5.69 Å². The largest absolute Gasteiger partial charge is 0.398 e. The van der Waals surface area contributed by atoms with Crippen LogP contribution in [0.1, 0.15) is 18.4 Å². The van der Waals surface area contributed by atoms with E-state index in [9.17, 15) is 4.79 Å². The summed E-state index contributed by atoms with van der Waals surface area (Å²) in [6.07, 6.45) is 0. The normalized spacial score (nSPS) is 12.5. The second-order valence-corrected chi connectivity index (χ2v) is 3.03. The minimum Gasteiger partial charge on any atom is -0.398 e. The Bertz CT molecular complexity index is 298. The predicted molar refractivity (Wildman–Crippen MR) is 50.1 cm³/mol. The number of anilines is 1. The number of nitrogens with two attached hydrogens (primary N) is 1. The van der Waals surface area contributed by atoms with Gasteiger partial charge in [-0.15, -0.1) is 0 Å². The summed E-state index contributed by atoms with van der Waals surface area (Å²) in [6.45, 7) is 1.74. The summed E-state index contributed by atoms with van der Waals surface area (Å²) in [5, 5.41) is -0.382. The third-order valence-electron chi connectivity index (χ3n) is 1.80. The lowest BCUT2D eigenvalue weighted by molar-refractivity contribution is -0.112. The Morgan fingerprint density at radius 1 is 1.50 bits per heavy atom. The van der Waals surface area contributed by atoms with Gasteiger partial charge >= 0.3 is 0 Å². The smallest absolute Gasteiger partial charge is 0.228 e. The molecule has 0 heterocycles. The van der Waals surface area contributed by atoms with Crippen LogP contribution in [0.15, 0.2) is 24.3 Å². The van der Waals surface area contributed by atoms with Gasteiger partial charge in [-0.2, -0.15) is 0 Å². The molecule has 1 rings (SSSR count). The maximum Gasteiger partial charge on any atom is 0.228 e. The van der Waals surface area contributed by atoms with E-state index in [1.54, 1.807) is 19.1 Å². The minimum absolute atomic E-state index is 0.326. The van der Waals surface area contributed by atoms with Crippen LogP contribution in [-0.4, -0.2) is 5.24 Å². The molecule has 12 heavy (non-hydrogen) atoms. The number of halogens is 1. The van der Waals surface area contributed by atoms with Gasteiger partial charge in [0.15, 0.2) is 0 Å². The van der Waals surface area contributed by atoms with Crippen LogP contribution in [0, 0.1) is 0 Å². The van der Waals surface area contributed by atoms with E-state index < -0.39 is 0 Å². The molecule has 0 aliphatic rings. The number of nitrogen functional groups attached to an aromatic ring is 1.